The van der Waals surface area contributed by atoms with Crippen LogP contribution in [-0.2, 0) is 0 Å². The monoisotopic (exact) mass is 313 g/mol. The van der Waals surface area contributed by atoms with Crippen LogP contribution in [0, 0.1) is 0 Å². The molecule has 0 aliphatic rings. The van der Waals surface area contributed by atoms with Crippen molar-refractivity contribution in [3.63, 3.8) is 0 Å². The molecule has 0 aliphatic carbocycles. The highest BCUT2D eigenvalue weighted by Gasteiger charge is 2.25. The second-order valence-electron chi connectivity index (χ2n) is 5.47. The van der Waals surface area contributed by atoms with Crippen molar-refractivity contribution >= 4 is 11.6 Å². The van der Waals surface area contributed by atoms with Crippen LogP contribution in [-0.4, -0.2) is 5.91 Å². The number of hydrogen-bond donors (Lipinski definition) is 0. The maximum atomic E-state index is 13.2. The minimum atomic E-state index is -0.235. The van der Waals surface area contributed by atoms with E-state index in [1.165, 1.54) is 0 Å². The summed E-state index contributed by atoms with van der Waals surface area (Å²) in [4.78, 5) is 15.0. The van der Waals surface area contributed by atoms with Crippen molar-refractivity contribution in [1.29, 1.82) is 0 Å². The van der Waals surface area contributed by atoms with E-state index in [0.29, 0.717) is 5.56 Å². The van der Waals surface area contributed by atoms with Crippen molar-refractivity contribution in [1.82, 2.24) is 0 Å². The zero-order chi connectivity index (χ0) is 16.8. The molecule has 0 unspecified atom stereocenters. The van der Waals surface area contributed by atoms with E-state index in [0.717, 1.165) is 11.3 Å². The molecule has 0 aromatic heterocycles. The summed E-state index contributed by atoms with van der Waals surface area (Å²) in [7, 11) is 0. The van der Waals surface area contributed by atoms with Crippen LogP contribution < -0.4 is 4.90 Å². The zero-order valence-corrected chi connectivity index (χ0v) is 13.4. The molecular weight excluding hydrogens is 294 g/mol. The van der Waals surface area contributed by atoms with Crippen LogP contribution in [0.4, 0.5) is 5.69 Å². The van der Waals surface area contributed by atoms with Crippen molar-refractivity contribution in [2.45, 2.75) is 6.04 Å². The minimum Gasteiger partial charge on any atom is -0.297 e. The zero-order valence-electron chi connectivity index (χ0n) is 13.4. The number of amides is 1. The molecule has 0 fully saturated rings. The summed E-state index contributed by atoms with van der Waals surface area (Å²) < 4.78 is 0. The molecule has 0 heterocycles. The van der Waals surface area contributed by atoms with Crippen LogP contribution in [0.1, 0.15) is 22.0 Å². The highest BCUT2D eigenvalue weighted by atomic mass is 16.2. The lowest BCUT2D eigenvalue weighted by Gasteiger charge is -2.30. The Kier molecular flexibility index (Phi) is 4.87. The van der Waals surface area contributed by atoms with Crippen LogP contribution in [0.15, 0.2) is 104 Å². The Balaban J connectivity index is 2.08. The molecule has 1 atom stereocenters. The molecular formula is C22H19NO. The van der Waals surface area contributed by atoms with Gasteiger partial charge < -0.3 is 0 Å². The number of rotatable bonds is 5. The summed E-state index contributed by atoms with van der Waals surface area (Å²) in [5, 5.41) is 0. The number of hydrogen-bond acceptors (Lipinski definition) is 1. The van der Waals surface area contributed by atoms with Gasteiger partial charge in [-0.2, -0.15) is 0 Å². The lowest BCUT2D eigenvalue weighted by atomic mass is 10.0. The number of carbonyl (C=O) groups excluding carboxylic acids is 1. The normalized spacial score (nSPS) is 11.5. The fourth-order valence-electron chi connectivity index (χ4n) is 2.75. The van der Waals surface area contributed by atoms with Gasteiger partial charge in [0, 0.05) is 11.3 Å². The van der Waals surface area contributed by atoms with Gasteiger partial charge >= 0.3 is 0 Å². The molecule has 3 aromatic rings. The summed E-state index contributed by atoms with van der Waals surface area (Å²) >= 11 is 0. The molecule has 0 aliphatic heterocycles. The van der Waals surface area contributed by atoms with E-state index < -0.39 is 0 Å². The van der Waals surface area contributed by atoms with Gasteiger partial charge in [0.05, 0.1) is 6.04 Å². The summed E-state index contributed by atoms with van der Waals surface area (Å²) in [5.41, 5.74) is 2.53. The smallest absolute Gasteiger partial charge is 0.259 e. The Hall–Kier alpha value is -3.13. The fraction of sp³-hybridized carbons (Fsp3) is 0.0455. The van der Waals surface area contributed by atoms with E-state index in [9.17, 15) is 4.79 Å². The third-order valence-electron chi connectivity index (χ3n) is 3.92. The van der Waals surface area contributed by atoms with Crippen LogP contribution in [0.2, 0.25) is 0 Å². The molecule has 0 radical (unpaired) electrons. The molecule has 2 heteroatoms. The largest absolute Gasteiger partial charge is 0.297 e. The quantitative estimate of drug-likeness (QED) is 0.588. The average molecular weight is 313 g/mol. The van der Waals surface area contributed by atoms with Gasteiger partial charge in [0.15, 0.2) is 0 Å². The Morgan fingerprint density at radius 3 is 1.83 bits per heavy atom. The third kappa shape index (κ3) is 3.28. The average Bonchev–Trinajstić information content (AvgIpc) is 2.67. The minimum absolute atomic E-state index is 0.0458. The predicted octanol–water partition coefficient (Wildman–Crippen LogP) is 5.26. The summed E-state index contributed by atoms with van der Waals surface area (Å²) in [6.45, 7) is 3.97. The first-order valence-corrected chi connectivity index (χ1v) is 7.92. The van der Waals surface area contributed by atoms with E-state index >= 15 is 0 Å². The van der Waals surface area contributed by atoms with Gasteiger partial charge in [-0.15, -0.1) is 6.58 Å². The number of nitrogens with zero attached hydrogens (tertiary/aromatic N) is 1. The van der Waals surface area contributed by atoms with Crippen molar-refractivity contribution in [3.05, 3.63) is 115 Å². The Morgan fingerprint density at radius 2 is 1.29 bits per heavy atom. The standard InChI is InChI=1S/C22H19NO/c1-2-21(18-12-6-3-7-13-18)23(20-16-10-5-11-17-20)22(24)19-14-8-4-9-15-19/h2-17,21H,1H2/t21-/m0/s1. The van der Waals surface area contributed by atoms with Crippen molar-refractivity contribution in [3.8, 4) is 0 Å². The SMILES string of the molecule is C=C[C@@H](c1ccccc1)N(C(=O)c1ccccc1)c1ccccc1. The number of carbonyl (C=O) groups is 1. The Morgan fingerprint density at radius 1 is 0.792 bits per heavy atom. The van der Waals surface area contributed by atoms with Crippen LogP contribution >= 0.6 is 0 Å². The predicted molar refractivity (Wildman–Crippen MR) is 99.1 cm³/mol. The van der Waals surface area contributed by atoms with Gasteiger partial charge in [-0.05, 0) is 29.8 Å². The first-order chi connectivity index (χ1) is 11.8. The number of para-hydroxylation sites is 1. The van der Waals surface area contributed by atoms with E-state index in [4.69, 9.17) is 0 Å². The van der Waals surface area contributed by atoms with Gasteiger partial charge in [0.2, 0.25) is 0 Å². The first-order valence-electron chi connectivity index (χ1n) is 7.92. The van der Waals surface area contributed by atoms with Gasteiger partial charge in [0.1, 0.15) is 0 Å². The highest BCUT2D eigenvalue weighted by molar-refractivity contribution is 6.06. The number of anilines is 1. The molecule has 0 N–H and O–H groups in total. The van der Waals surface area contributed by atoms with Gasteiger partial charge in [-0.3, -0.25) is 9.69 Å². The van der Waals surface area contributed by atoms with Crippen molar-refractivity contribution in [2.24, 2.45) is 0 Å². The Bertz CT molecular complexity index is 797. The van der Waals surface area contributed by atoms with Gasteiger partial charge in [-0.1, -0.05) is 72.8 Å². The van der Waals surface area contributed by atoms with E-state index in [1.807, 2.05) is 97.1 Å². The van der Waals surface area contributed by atoms with Gasteiger partial charge in [-0.25, -0.2) is 0 Å². The second-order valence-corrected chi connectivity index (χ2v) is 5.47. The molecule has 24 heavy (non-hydrogen) atoms. The van der Waals surface area contributed by atoms with E-state index in [1.54, 1.807) is 4.90 Å². The maximum Gasteiger partial charge on any atom is 0.259 e. The third-order valence-corrected chi connectivity index (χ3v) is 3.92. The molecule has 2 nitrogen and oxygen atoms in total. The van der Waals surface area contributed by atoms with E-state index in [2.05, 4.69) is 6.58 Å². The lowest BCUT2D eigenvalue weighted by molar-refractivity contribution is 0.0981. The second kappa shape index (κ2) is 7.42. The van der Waals surface area contributed by atoms with Crippen LogP contribution in [0.25, 0.3) is 0 Å². The van der Waals surface area contributed by atoms with Crippen molar-refractivity contribution in [2.75, 3.05) is 4.90 Å². The van der Waals surface area contributed by atoms with Crippen LogP contribution in [0.5, 0.6) is 0 Å². The molecule has 1 amide bonds. The topological polar surface area (TPSA) is 20.3 Å². The first kappa shape index (κ1) is 15.8. The highest BCUT2D eigenvalue weighted by Crippen LogP contribution is 2.29. The maximum absolute atomic E-state index is 13.2. The van der Waals surface area contributed by atoms with Gasteiger partial charge in [0.25, 0.3) is 5.91 Å². The molecule has 3 aromatic carbocycles. The summed E-state index contributed by atoms with van der Waals surface area (Å²) in [5.74, 6) is -0.0458. The molecule has 118 valence electrons. The summed E-state index contributed by atoms with van der Waals surface area (Å²) in [6.07, 6.45) is 1.81. The molecule has 0 bridgehead atoms. The molecule has 3 rings (SSSR count). The van der Waals surface area contributed by atoms with E-state index in [-0.39, 0.29) is 11.9 Å². The molecule has 0 saturated heterocycles. The van der Waals surface area contributed by atoms with Crippen molar-refractivity contribution < 1.29 is 4.79 Å². The molecule has 0 saturated carbocycles. The Labute approximate surface area is 142 Å². The lowest BCUT2D eigenvalue weighted by Crippen LogP contribution is -2.34. The fourth-order valence-corrected chi connectivity index (χ4v) is 2.75. The number of benzene rings is 3. The van der Waals surface area contributed by atoms with Crippen LogP contribution in [0.3, 0.4) is 0 Å². The molecule has 0 spiro atoms. The summed E-state index contributed by atoms with van der Waals surface area (Å²) in [6, 6.07) is 28.8.